The van der Waals surface area contributed by atoms with Crippen LogP contribution in [0.3, 0.4) is 0 Å². The maximum absolute atomic E-state index is 14.7. The van der Waals surface area contributed by atoms with Crippen LogP contribution in [0.4, 0.5) is 23.2 Å². The van der Waals surface area contributed by atoms with Gasteiger partial charge in [-0.15, -0.1) is 10.2 Å². The Morgan fingerprint density at radius 3 is 2.45 bits per heavy atom. The fourth-order valence-electron chi connectivity index (χ4n) is 5.40. The van der Waals surface area contributed by atoms with Crippen LogP contribution in [0.1, 0.15) is 58.2 Å². The number of aryl methyl sites for hydroxylation is 2. The van der Waals surface area contributed by atoms with Gasteiger partial charge in [-0.25, -0.2) is 4.39 Å². The third-order valence-electron chi connectivity index (χ3n) is 6.68. The first kappa shape index (κ1) is 21.6. The van der Waals surface area contributed by atoms with E-state index in [1.54, 1.807) is 43.1 Å². The van der Waals surface area contributed by atoms with Crippen molar-refractivity contribution in [1.82, 2.24) is 14.8 Å². The molecule has 0 bridgehead atoms. The molecule has 1 aromatic heterocycles. The summed E-state index contributed by atoms with van der Waals surface area (Å²) in [5.74, 6) is 0.133. The van der Waals surface area contributed by atoms with Gasteiger partial charge in [-0.3, -0.25) is 4.79 Å². The van der Waals surface area contributed by atoms with Crippen molar-refractivity contribution in [3.63, 3.8) is 0 Å². The molecule has 0 atom stereocenters. The molecule has 5 nitrogen and oxygen atoms in total. The van der Waals surface area contributed by atoms with Gasteiger partial charge in [0.1, 0.15) is 17.8 Å². The predicted octanol–water partition coefficient (Wildman–Crippen LogP) is 5.11. The zero-order valence-corrected chi connectivity index (χ0v) is 18.4. The first-order chi connectivity index (χ1) is 15.4. The number of hydrogen-bond acceptors (Lipinski definition) is 3. The molecule has 1 saturated carbocycles. The van der Waals surface area contributed by atoms with Crippen LogP contribution in [0.2, 0.25) is 0 Å². The molecule has 1 aliphatic heterocycles. The van der Waals surface area contributed by atoms with Gasteiger partial charge in [0.15, 0.2) is 0 Å². The van der Waals surface area contributed by atoms with E-state index in [1.807, 2.05) is 6.07 Å². The number of alkyl halides is 4. The molecular weight excluding hydrogens is 436 g/mol. The largest absolute Gasteiger partial charge is 0.416 e. The van der Waals surface area contributed by atoms with Crippen molar-refractivity contribution in [3.8, 4) is 0 Å². The van der Waals surface area contributed by atoms with Crippen LogP contribution in [-0.2, 0) is 25.2 Å². The number of halogens is 4. The first-order valence-electron chi connectivity index (χ1n) is 10.6. The number of fused-ring (bicyclic) bond motifs is 1. The minimum atomic E-state index is -4.55. The quantitative estimate of drug-likeness (QED) is 0.513. The second-order valence-corrected chi connectivity index (χ2v) is 9.39. The molecule has 1 aliphatic carbocycles. The zero-order chi connectivity index (χ0) is 23.8. The molecule has 0 unspecified atom stereocenters. The number of aromatic nitrogens is 3. The minimum Gasteiger partial charge on any atom is -0.320 e. The average Bonchev–Trinajstić information content (AvgIpc) is 3.28. The highest BCUT2D eigenvalue weighted by atomic mass is 19.4. The Kier molecular flexibility index (Phi) is 4.51. The summed E-state index contributed by atoms with van der Waals surface area (Å²) in [5.41, 5.74) is -1.25. The van der Waals surface area contributed by atoms with E-state index in [0.29, 0.717) is 17.1 Å². The van der Waals surface area contributed by atoms with Crippen LogP contribution in [0.25, 0.3) is 0 Å². The Labute approximate surface area is 188 Å². The van der Waals surface area contributed by atoms with E-state index in [4.69, 9.17) is 0 Å². The highest BCUT2D eigenvalue weighted by Gasteiger charge is 2.57. The van der Waals surface area contributed by atoms with E-state index in [-0.39, 0.29) is 30.5 Å². The molecule has 0 spiro atoms. The van der Waals surface area contributed by atoms with Crippen LogP contribution >= 0.6 is 0 Å². The van der Waals surface area contributed by atoms with Crippen LogP contribution in [0.15, 0.2) is 42.7 Å². The summed E-state index contributed by atoms with van der Waals surface area (Å²) in [4.78, 5) is 14.5. The third kappa shape index (κ3) is 3.32. The standard InChI is InChI=1S/C24H22F4N4O/c1-14-7-17-18(19(8-14)24(26,27)28)10-32(20(17)33)16-6-4-5-15(9-16)23(11-22(2,25)12-23)21-30-29-13-31(21)3/h4-9,13H,10-12H2,1-3H3. The Morgan fingerprint density at radius 2 is 1.85 bits per heavy atom. The van der Waals surface area contributed by atoms with Crippen molar-refractivity contribution < 1.29 is 22.4 Å². The number of hydrogen-bond donors (Lipinski definition) is 0. The van der Waals surface area contributed by atoms with Gasteiger partial charge in [-0.1, -0.05) is 12.1 Å². The van der Waals surface area contributed by atoms with Crippen LogP contribution < -0.4 is 4.90 Å². The van der Waals surface area contributed by atoms with E-state index >= 15 is 0 Å². The van der Waals surface area contributed by atoms with Gasteiger partial charge in [-0.2, -0.15) is 13.2 Å². The molecule has 3 aromatic rings. The molecule has 0 N–H and O–H groups in total. The Morgan fingerprint density at radius 1 is 1.12 bits per heavy atom. The smallest absolute Gasteiger partial charge is 0.320 e. The Balaban J connectivity index is 1.57. The van der Waals surface area contributed by atoms with Crippen molar-refractivity contribution in [2.45, 2.75) is 50.5 Å². The number of carbonyl (C=O) groups is 1. The van der Waals surface area contributed by atoms with Gasteiger partial charge in [0, 0.05) is 18.3 Å². The van der Waals surface area contributed by atoms with Crippen LogP contribution in [0.5, 0.6) is 0 Å². The number of benzene rings is 2. The molecular formula is C24H22F4N4O. The van der Waals surface area contributed by atoms with Crippen molar-refractivity contribution >= 4 is 11.6 Å². The Bertz CT molecular complexity index is 1270. The lowest BCUT2D eigenvalue weighted by atomic mass is 9.57. The molecule has 1 fully saturated rings. The van der Waals surface area contributed by atoms with Crippen LogP contribution in [0, 0.1) is 6.92 Å². The Hall–Kier alpha value is -3.23. The highest BCUT2D eigenvalue weighted by Crippen LogP contribution is 2.56. The number of carbonyl (C=O) groups excluding carboxylic acids is 1. The van der Waals surface area contributed by atoms with Crippen molar-refractivity contribution in [2.75, 3.05) is 4.90 Å². The topological polar surface area (TPSA) is 51.0 Å². The summed E-state index contributed by atoms with van der Waals surface area (Å²) in [6.45, 7) is 2.90. The van der Waals surface area contributed by atoms with Gasteiger partial charge in [-0.05, 0) is 67.6 Å². The number of amides is 1. The fourth-order valence-corrected chi connectivity index (χ4v) is 5.40. The zero-order valence-electron chi connectivity index (χ0n) is 18.4. The van der Waals surface area contributed by atoms with E-state index in [9.17, 15) is 22.4 Å². The summed E-state index contributed by atoms with van der Waals surface area (Å²) in [6.07, 6.45) is -2.61. The van der Waals surface area contributed by atoms with Crippen molar-refractivity contribution in [1.29, 1.82) is 0 Å². The summed E-state index contributed by atoms with van der Waals surface area (Å²) >= 11 is 0. The molecule has 1 amide bonds. The normalized spacial score (nSPS) is 24.7. The van der Waals surface area contributed by atoms with E-state index in [2.05, 4.69) is 10.2 Å². The second kappa shape index (κ2) is 6.88. The monoisotopic (exact) mass is 458 g/mol. The van der Waals surface area contributed by atoms with Crippen molar-refractivity contribution in [2.24, 2.45) is 7.05 Å². The molecule has 2 heterocycles. The molecule has 0 saturated heterocycles. The maximum atomic E-state index is 14.7. The van der Waals surface area contributed by atoms with Gasteiger partial charge in [0.05, 0.1) is 17.5 Å². The van der Waals surface area contributed by atoms with Crippen LogP contribution in [-0.4, -0.2) is 26.3 Å². The summed E-state index contributed by atoms with van der Waals surface area (Å²) in [6, 6.07) is 9.60. The second-order valence-electron chi connectivity index (χ2n) is 9.39. The summed E-state index contributed by atoms with van der Waals surface area (Å²) in [7, 11) is 1.79. The van der Waals surface area contributed by atoms with E-state index in [0.717, 1.165) is 11.6 Å². The molecule has 2 aromatic carbocycles. The maximum Gasteiger partial charge on any atom is 0.416 e. The lowest BCUT2D eigenvalue weighted by molar-refractivity contribution is -0.138. The van der Waals surface area contributed by atoms with Gasteiger partial charge in [0.25, 0.3) is 5.91 Å². The number of nitrogens with zero attached hydrogens (tertiary/aromatic N) is 4. The number of anilines is 1. The molecule has 2 aliphatic rings. The third-order valence-corrected chi connectivity index (χ3v) is 6.68. The molecule has 0 radical (unpaired) electrons. The molecule has 33 heavy (non-hydrogen) atoms. The lowest BCUT2D eigenvalue weighted by Crippen LogP contribution is -2.52. The summed E-state index contributed by atoms with van der Waals surface area (Å²) < 4.78 is 57.4. The van der Waals surface area contributed by atoms with E-state index in [1.165, 1.54) is 17.9 Å². The van der Waals surface area contributed by atoms with Gasteiger partial charge < -0.3 is 9.47 Å². The predicted molar refractivity (Wildman–Crippen MR) is 114 cm³/mol. The SMILES string of the molecule is Cc1cc2c(c(C(F)(F)F)c1)CN(c1cccc(C3(c4nncn4C)CC(C)(F)C3)c1)C2=O. The van der Waals surface area contributed by atoms with Crippen molar-refractivity contribution in [3.05, 3.63) is 76.4 Å². The van der Waals surface area contributed by atoms with Gasteiger partial charge >= 0.3 is 6.18 Å². The van der Waals surface area contributed by atoms with Gasteiger partial charge in [0.2, 0.25) is 0 Å². The molecule has 172 valence electrons. The first-order valence-corrected chi connectivity index (χ1v) is 10.6. The fraction of sp³-hybridized carbons (Fsp3) is 0.375. The molecule has 9 heteroatoms. The highest BCUT2D eigenvalue weighted by molar-refractivity contribution is 6.10. The lowest BCUT2D eigenvalue weighted by Gasteiger charge is -2.49. The van der Waals surface area contributed by atoms with E-state index < -0.39 is 28.7 Å². The number of rotatable bonds is 3. The molecule has 5 rings (SSSR count). The summed E-state index contributed by atoms with van der Waals surface area (Å²) in [5, 5.41) is 8.16. The average molecular weight is 458 g/mol. The minimum absolute atomic E-state index is 0.0218.